The number of aromatic nitrogens is 3. The van der Waals surface area contributed by atoms with Crippen LogP contribution in [0.25, 0.3) is 0 Å². The summed E-state index contributed by atoms with van der Waals surface area (Å²) in [6.45, 7) is 4.20. The van der Waals surface area contributed by atoms with Gasteiger partial charge in [0.15, 0.2) is 0 Å². The number of rotatable bonds is 7. The molecule has 0 saturated carbocycles. The van der Waals surface area contributed by atoms with Crippen molar-refractivity contribution in [3.05, 3.63) is 34.0 Å². The molecule has 7 heteroatoms. The van der Waals surface area contributed by atoms with Crippen molar-refractivity contribution in [3.63, 3.8) is 0 Å². The first-order chi connectivity index (χ1) is 10.7. The Balaban J connectivity index is 1.35. The Morgan fingerprint density at radius 2 is 2.50 bits per heavy atom. The topological polar surface area (TPSA) is 72.2 Å². The number of nitrogens with one attached hydrogen (secondary N) is 1. The van der Waals surface area contributed by atoms with E-state index in [1.54, 1.807) is 11.3 Å². The average Bonchev–Trinajstić information content (AvgIpc) is 3.12. The summed E-state index contributed by atoms with van der Waals surface area (Å²) in [7, 11) is 0. The number of thiophene rings is 1. The van der Waals surface area contributed by atoms with Gasteiger partial charge in [-0.05, 0) is 24.8 Å². The lowest BCUT2D eigenvalue weighted by molar-refractivity contribution is 0.0279. The van der Waals surface area contributed by atoms with Gasteiger partial charge in [0.2, 0.25) is 0 Å². The maximum Gasteiger partial charge on any atom is 0.147 e. The third kappa shape index (κ3) is 4.13. The molecule has 2 aromatic rings. The van der Waals surface area contributed by atoms with Gasteiger partial charge in [-0.2, -0.15) is 5.10 Å². The van der Waals surface area contributed by atoms with Crippen molar-refractivity contribution in [1.29, 1.82) is 0 Å². The van der Waals surface area contributed by atoms with E-state index in [2.05, 4.69) is 15.4 Å². The maximum absolute atomic E-state index is 9.99. The number of aliphatic hydroxyl groups excluding tert-OH is 1. The van der Waals surface area contributed by atoms with E-state index in [4.69, 9.17) is 4.74 Å². The number of ether oxygens (including phenoxy) is 1. The van der Waals surface area contributed by atoms with E-state index in [-0.39, 0.29) is 0 Å². The van der Waals surface area contributed by atoms with Crippen molar-refractivity contribution in [2.75, 3.05) is 13.2 Å². The van der Waals surface area contributed by atoms with Crippen molar-refractivity contribution in [2.45, 2.75) is 45.1 Å². The van der Waals surface area contributed by atoms with E-state index in [0.717, 1.165) is 31.0 Å². The monoisotopic (exact) mass is 322 g/mol. The molecule has 3 heterocycles. The van der Waals surface area contributed by atoms with Crippen molar-refractivity contribution < 1.29 is 9.84 Å². The fourth-order valence-corrected chi connectivity index (χ4v) is 3.29. The first-order valence-electron chi connectivity index (χ1n) is 7.62. The molecule has 6 nitrogen and oxygen atoms in total. The first kappa shape index (κ1) is 15.6. The van der Waals surface area contributed by atoms with Gasteiger partial charge in [-0.1, -0.05) is 6.07 Å². The van der Waals surface area contributed by atoms with E-state index in [1.807, 2.05) is 29.1 Å². The SMILES string of the molecule is Cc1nc2n(n1)CC(NCC(O)COCc1cccs1)CC2. The zero-order valence-electron chi connectivity index (χ0n) is 12.7. The summed E-state index contributed by atoms with van der Waals surface area (Å²) >= 11 is 1.67. The molecule has 0 fully saturated rings. The summed E-state index contributed by atoms with van der Waals surface area (Å²) in [4.78, 5) is 5.58. The highest BCUT2D eigenvalue weighted by Crippen LogP contribution is 2.13. The molecule has 120 valence electrons. The Kier molecular flexibility index (Phi) is 5.20. The number of aliphatic hydroxyl groups is 1. The summed E-state index contributed by atoms with van der Waals surface area (Å²) in [5, 5.41) is 19.8. The van der Waals surface area contributed by atoms with E-state index in [9.17, 15) is 5.11 Å². The highest BCUT2D eigenvalue weighted by atomic mass is 32.1. The lowest BCUT2D eigenvalue weighted by Crippen LogP contribution is -2.42. The third-order valence-electron chi connectivity index (χ3n) is 3.74. The molecule has 22 heavy (non-hydrogen) atoms. The number of hydrogen-bond donors (Lipinski definition) is 2. The minimum atomic E-state index is -0.487. The van der Waals surface area contributed by atoms with Crippen molar-refractivity contribution in [3.8, 4) is 0 Å². The Morgan fingerprint density at radius 3 is 3.32 bits per heavy atom. The Labute approximate surface area is 134 Å². The zero-order chi connectivity index (χ0) is 15.4. The quantitative estimate of drug-likeness (QED) is 0.799. The Morgan fingerprint density at radius 1 is 1.59 bits per heavy atom. The predicted octanol–water partition coefficient (Wildman–Crippen LogP) is 1.13. The molecule has 0 amide bonds. The lowest BCUT2D eigenvalue weighted by Gasteiger charge is -2.24. The molecule has 0 aliphatic carbocycles. The van der Waals surface area contributed by atoms with Crippen molar-refractivity contribution in [1.82, 2.24) is 20.1 Å². The van der Waals surface area contributed by atoms with Crippen molar-refractivity contribution >= 4 is 11.3 Å². The molecular formula is C15H22N4O2S. The lowest BCUT2D eigenvalue weighted by atomic mass is 10.1. The van der Waals surface area contributed by atoms with Crippen LogP contribution in [0.1, 0.15) is 22.9 Å². The van der Waals surface area contributed by atoms with Crippen LogP contribution in [0.2, 0.25) is 0 Å². The fraction of sp³-hybridized carbons (Fsp3) is 0.600. The normalized spacial score (nSPS) is 19.1. The van der Waals surface area contributed by atoms with Crippen LogP contribution < -0.4 is 5.32 Å². The van der Waals surface area contributed by atoms with Gasteiger partial charge >= 0.3 is 0 Å². The third-order valence-corrected chi connectivity index (χ3v) is 4.59. The Hall–Kier alpha value is -1.28. The number of nitrogens with zero attached hydrogens (tertiary/aromatic N) is 3. The zero-order valence-corrected chi connectivity index (χ0v) is 13.6. The van der Waals surface area contributed by atoms with E-state index < -0.39 is 6.10 Å². The van der Waals surface area contributed by atoms with E-state index in [0.29, 0.717) is 25.8 Å². The first-order valence-corrected chi connectivity index (χ1v) is 8.50. The molecule has 2 aromatic heterocycles. The second-order valence-electron chi connectivity index (χ2n) is 5.65. The summed E-state index contributed by atoms with van der Waals surface area (Å²) in [6.07, 6.45) is 1.48. The molecular weight excluding hydrogens is 300 g/mol. The molecule has 2 atom stereocenters. The molecule has 0 bridgehead atoms. The highest BCUT2D eigenvalue weighted by Gasteiger charge is 2.21. The molecule has 0 aromatic carbocycles. The van der Waals surface area contributed by atoms with Gasteiger partial charge in [0, 0.05) is 23.9 Å². The van der Waals surface area contributed by atoms with E-state index in [1.165, 1.54) is 4.88 Å². The fourth-order valence-electron chi connectivity index (χ4n) is 2.65. The molecule has 0 radical (unpaired) electrons. The second kappa shape index (κ2) is 7.32. The number of fused-ring (bicyclic) bond motifs is 1. The van der Waals surface area contributed by atoms with Crippen LogP contribution in [-0.2, 0) is 24.3 Å². The minimum Gasteiger partial charge on any atom is -0.389 e. The molecule has 1 aliphatic rings. The average molecular weight is 322 g/mol. The van der Waals surface area contributed by atoms with Gasteiger partial charge in [0.1, 0.15) is 11.6 Å². The van der Waals surface area contributed by atoms with Gasteiger partial charge in [0.25, 0.3) is 0 Å². The molecule has 2 unspecified atom stereocenters. The van der Waals surface area contributed by atoms with Crippen LogP contribution in [0.3, 0.4) is 0 Å². The summed E-state index contributed by atoms with van der Waals surface area (Å²) in [6, 6.07) is 4.38. The largest absolute Gasteiger partial charge is 0.389 e. The second-order valence-corrected chi connectivity index (χ2v) is 6.68. The highest BCUT2D eigenvalue weighted by molar-refractivity contribution is 7.09. The maximum atomic E-state index is 9.99. The summed E-state index contributed by atoms with van der Waals surface area (Å²) < 4.78 is 7.50. The minimum absolute atomic E-state index is 0.334. The van der Waals surface area contributed by atoms with Crippen LogP contribution in [0, 0.1) is 6.92 Å². The molecule has 3 rings (SSSR count). The number of aryl methyl sites for hydroxylation is 2. The van der Waals surface area contributed by atoms with Crippen LogP contribution >= 0.6 is 11.3 Å². The summed E-state index contributed by atoms with van der Waals surface area (Å²) in [5.74, 6) is 1.90. The van der Waals surface area contributed by atoms with Crippen LogP contribution in [-0.4, -0.2) is 45.2 Å². The molecule has 1 aliphatic heterocycles. The smallest absolute Gasteiger partial charge is 0.147 e. The van der Waals surface area contributed by atoms with Gasteiger partial charge in [-0.25, -0.2) is 9.67 Å². The molecule has 2 N–H and O–H groups in total. The van der Waals surface area contributed by atoms with Gasteiger partial charge in [0.05, 0.1) is 25.9 Å². The Bertz CT molecular complexity index is 584. The van der Waals surface area contributed by atoms with Crippen LogP contribution in [0.5, 0.6) is 0 Å². The summed E-state index contributed by atoms with van der Waals surface area (Å²) in [5.41, 5.74) is 0. The van der Waals surface area contributed by atoms with E-state index >= 15 is 0 Å². The van der Waals surface area contributed by atoms with Gasteiger partial charge < -0.3 is 15.2 Å². The van der Waals surface area contributed by atoms with Crippen LogP contribution in [0.4, 0.5) is 0 Å². The standard InChI is InChI=1S/C15H22N4O2S/c1-11-17-15-5-4-12(8-19(15)18-11)16-7-13(20)9-21-10-14-3-2-6-22-14/h2-3,6,12-13,16,20H,4-5,7-10H2,1H3. The molecule has 0 spiro atoms. The molecule has 0 saturated heterocycles. The van der Waals surface area contributed by atoms with Crippen molar-refractivity contribution in [2.24, 2.45) is 0 Å². The number of hydrogen-bond acceptors (Lipinski definition) is 6. The van der Waals surface area contributed by atoms with Crippen LogP contribution in [0.15, 0.2) is 17.5 Å². The van der Waals surface area contributed by atoms with Gasteiger partial charge in [-0.15, -0.1) is 11.3 Å². The van der Waals surface area contributed by atoms with Gasteiger partial charge in [-0.3, -0.25) is 0 Å². The predicted molar refractivity (Wildman–Crippen MR) is 84.9 cm³/mol.